The summed E-state index contributed by atoms with van der Waals surface area (Å²) < 4.78 is 5.56. The van der Waals surface area contributed by atoms with Gasteiger partial charge in [-0.3, -0.25) is 14.5 Å². The first kappa shape index (κ1) is 16.1. The number of anilines is 1. The topological polar surface area (TPSA) is 53.1 Å². The first-order valence-corrected chi connectivity index (χ1v) is 9.48. The third kappa shape index (κ3) is 2.64. The van der Waals surface area contributed by atoms with Crippen LogP contribution in [0.5, 0.6) is 0 Å². The van der Waals surface area contributed by atoms with Crippen molar-refractivity contribution in [1.29, 1.82) is 0 Å². The van der Waals surface area contributed by atoms with Crippen molar-refractivity contribution in [1.82, 2.24) is 9.80 Å². The van der Waals surface area contributed by atoms with Crippen molar-refractivity contribution in [2.75, 3.05) is 44.7 Å². The van der Waals surface area contributed by atoms with Crippen LogP contribution in [0, 0.1) is 0 Å². The van der Waals surface area contributed by atoms with Gasteiger partial charge in [0, 0.05) is 31.6 Å². The smallest absolute Gasteiger partial charge is 0.251 e. The van der Waals surface area contributed by atoms with Gasteiger partial charge in [-0.05, 0) is 37.8 Å². The predicted octanol–water partition coefficient (Wildman–Crippen LogP) is 1.18. The highest BCUT2D eigenvalue weighted by atomic mass is 32.1. The summed E-state index contributed by atoms with van der Waals surface area (Å²) in [6.07, 6.45) is 2.44. The lowest BCUT2D eigenvalue weighted by Gasteiger charge is -2.46. The van der Waals surface area contributed by atoms with Crippen molar-refractivity contribution in [2.45, 2.75) is 30.9 Å². The van der Waals surface area contributed by atoms with Crippen LogP contribution in [0.1, 0.15) is 19.3 Å². The third-order valence-corrected chi connectivity index (χ3v) is 6.27. The van der Waals surface area contributed by atoms with E-state index < -0.39 is 0 Å². The Kier molecular flexibility index (Phi) is 4.10. The number of carbonyl (C=O) groups is 2. The molecule has 24 heavy (non-hydrogen) atoms. The maximum absolute atomic E-state index is 12.7. The standard InChI is InChI=1S/C17H23N3O3S/c1-18-9-15(21)20(13-4-8-24-10-13)12-17(18)5-6-19(11-17)16(22)14-3-2-7-23-14/h4,8,10,14H,2-3,5-7,9,11-12H2,1H3/t14-,17?/m0/s1. The second kappa shape index (κ2) is 6.13. The molecule has 3 aliphatic rings. The van der Waals surface area contributed by atoms with Gasteiger partial charge in [0.05, 0.1) is 17.8 Å². The summed E-state index contributed by atoms with van der Waals surface area (Å²) in [5.41, 5.74) is 0.825. The second-order valence-electron chi connectivity index (χ2n) is 7.05. The van der Waals surface area contributed by atoms with E-state index in [1.165, 1.54) is 0 Å². The van der Waals surface area contributed by atoms with Crippen molar-refractivity contribution in [3.8, 4) is 0 Å². The summed E-state index contributed by atoms with van der Waals surface area (Å²) in [5.74, 6) is 0.252. The van der Waals surface area contributed by atoms with Gasteiger partial charge in [-0.2, -0.15) is 11.3 Å². The van der Waals surface area contributed by atoms with Gasteiger partial charge in [0.2, 0.25) is 5.91 Å². The van der Waals surface area contributed by atoms with Gasteiger partial charge in [-0.1, -0.05) is 0 Å². The molecule has 1 aromatic heterocycles. The number of hydrogen-bond donors (Lipinski definition) is 0. The maximum Gasteiger partial charge on any atom is 0.251 e. The molecule has 0 aromatic carbocycles. The lowest BCUT2D eigenvalue weighted by atomic mass is 9.93. The minimum Gasteiger partial charge on any atom is -0.368 e. The molecule has 0 bridgehead atoms. The maximum atomic E-state index is 12.7. The summed E-state index contributed by atoms with van der Waals surface area (Å²) in [6.45, 7) is 3.16. The molecule has 1 unspecified atom stereocenters. The van der Waals surface area contributed by atoms with E-state index in [1.807, 2.05) is 33.7 Å². The molecule has 3 fully saturated rings. The molecular weight excluding hydrogens is 326 g/mol. The molecule has 0 radical (unpaired) electrons. The van der Waals surface area contributed by atoms with E-state index >= 15 is 0 Å². The Morgan fingerprint density at radius 2 is 2.29 bits per heavy atom. The summed E-state index contributed by atoms with van der Waals surface area (Å²) >= 11 is 1.60. The lowest BCUT2D eigenvalue weighted by Crippen LogP contribution is -2.64. The monoisotopic (exact) mass is 349 g/mol. The molecule has 1 aromatic rings. The van der Waals surface area contributed by atoms with Crippen LogP contribution in [0.2, 0.25) is 0 Å². The van der Waals surface area contributed by atoms with E-state index in [0.29, 0.717) is 26.2 Å². The fourth-order valence-corrected chi connectivity index (χ4v) is 4.71. The molecule has 2 amide bonds. The summed E-state index contributed by atoms with van der Waals surface area (Å²) in [5, 5.41) is 4.01. The average molecular weight is 349 g/mol. The molecule has 3 saturated heterocycles. The summed E-state index contributed by atoms with van der Waals surface area (Å²) in [6, 6.07) is 1.99. The van der Waals surface area contributed by atoms with Crippen LogP contribution in [0.25, 0.3) is 0 Å². The zero-order chi connectivity index (χ0) is 16.7. The minimum absolute atomic E-state index is 0.122. The zero-order valence-corrected chi connectivity index (χ0v) is 14.8. The number of nitrogens with zero attached hydrogens (tertiary/aromatic N) is 3. The molecule has 0 N–H and O–H groups in total. The van der Waals surface area contributed by atoms with Gasteiger partial charge < -0.3 is 14.5 Å². The van der Waals surface area contributed by atoms with E-state index in [9.17, 15) is 9.59 Å². The number of amides is 2. The van der Waals surface area contributed by atoms with Crippen LogP contribution in [-0.2, 0) is 14.3 Å². The molecule has 2 atom stereocenters. The molecule has 4 rings (SSSR count). The van der Waals surface area contributed by atoms with Gasteiger partial charge in [-0.25, -0.2) is 0 Å². The number of likely N-dealkylation sites (tertiary alicyclic amines) is 1. The Morgan fingerprint density at radius 3 is 3.00 bits per heavy atom. The Labute approximate surface area is 146 Å². The molecule has 0 saturated carbocycles. The van der Waals surface area contributed by atoms with Gasteiger partial charge >= 0.3 is 0 Å². The number of likely N-dealkylation sites (N-methyl/N-ethyl adjacent to an activating group) is 1. The molecule has 7 heteroatoms. The number of thiophene rings is 1. The average Bonchev–Trinajstić information content (AvgIpc) is 3.32. The largest absolute Gasteiger partial charge is 0.368 e. The van der Waals surface area contributed by atoms with E-state index in [2.05, 4.69) is 4.90 Å². The number of hydrogen-bond acceptors (Lipinski definition) is 5. The van der Waals surface area contributed by atoms with Crippen LogP contribution < -0.4 is 4.90 Å². The highest BCUT2D eigenvalue weighted by Crippen LogP contribution is 2.34. The molecule has 0 aliphatic carbocycles. The molecule has 6 nitrogen and oxygen atoms in total. The van der Waals surface area contributed by atoms with Crippen LogP contribution in [0.3, 0.4) is 0 Å². The SMILES string of the molecule is CN1CC(=O)N(c2ccsc2)CC12CCN(C(=O)[C@@H]1CCCO1)C2. The summed E-state index contributed by atoms with van der Waals surface area (Å²) in [4.78, 5) is 31.1. The number of piperazine rings is 1. The van der Waals surface area contributed by atoms with Crippen molar-refractivity contribution in [2.24, 2.45) is 0 Å². The molecule has 1 spiro atoms. The number of ether oxygens (including phenoxy) is 1. The number of carbonyl (C=O) groups excluding carboxylic acids is 2. The van der Waals surface area contributed by atoms with Gasteiger partial charge in [-0.15, -0.1) is 0 Å². The van der Waals surface area contributed by atoms with E-state index in [0.717, 1.165) is 31.5 Å². The molecule has 4 heterocycles. The Hall–Kier alpha value is -1.44. The molecule has 130 valence electrons. The van der Waals surface area contributed by atoms with Crippen molar-refractivity contribution < 1.29 is 14.3 Å². The van der Waals surface area contributed by atoms with Crippen molar-refractivity contribution >= 4 is 28.8 Å². The highest BCUT2D eigenvalue weighted by Gasteiger charge is 2.49. The van der Waals surface area contributed by atoms with Crippen molar-refractivity contribution in [3.05, 3.63) is 16.8 Å². The third-order valence-electron chi connectivity index (χ3n) is 5.60. The lowest BCUT2D eigenvalue weighted by molar-refractivity contribution is -0.140. The van der Waals surface area contributed by atoms with Crippen LogP contribution in [0.4, 0.5) is 5.69 Å². The summed E-state index contributed by atoms with van der Waals surface area (Å²) in [7, 11) is 2.00. The number of rotatable bonds is 2. The second-order valence-corrected chi connectivity index (χ2v) is 7.83. The minimum atomic E-state index is -0.261. The van der Waals surface area contributed by atoms with E-state index in [1.54, 1.807) is 11.3 Å². The molecular formula is C17H23N3O3S. The molecule has 3 aliphatic heterocycles. The Morgan fingerprint density at radius 1 is 1.42 bits per heavy atom. The zero-order valence-electron chi connectivity index (χ0n) is 13.9. The van der Waals surface area contributed by atoms with Crippen LogP contribution in [-0.4, -0.2) is 73.1 Å². The predicted molar refractivity (Wildman–Crippen MR) is 92.2 cm³/mol. The quantitative estimate of drug-likeness (QED) is 0.804. The highest BCUT2D eigenvalue weighted by molar-refractivity contribution is 7.08. The Balaban J connectivity index is 1.51. The first-order valence-electron chi connectivity index (χ1n) is 8.53. The van der Waals surface area contributed by atoms with Gasteiger partial charge in [0.1, 0.15) is 6.10 Å². The first-order chi connectivity index (χ1) is 11.6. The van der Waals surface area contributed by atoms with Crippen molar-refractivity contribution in [3.63, 3.8) is 0 Å². The fraction of sp³-hybridized carbons (Fsp3) is 0.647. The Bertz CT molecular complexity index is 629. The van der Waals surface area contributed by atoms with Gasteiger partial charge in [0.15, 0.2) is 0 Å². The van der Waals surface area contributed by atoms with E-state index in [-0.39, 0.29) is 23.5 Å². The van der Waals surface area contributed by atoms with Crippen LogP contribution in [0.15, 0.2) is 16.8 Å². The van der Waals surface area contributed by atoms with Crippen LogP contribution >= 0.6 is 11.3 Å². The normalized spacial score (nSPS) is 31.4. The fourth-order valence-electron chi connectivity index (χ4n) is 4.07. The van der Waals surface area contributed by atoms with E-state index in [4.69, 9.17) is 4.74 Å². The van der Waals surface area contributed by atoms with Gasteiger partial charge in [0.25, 0.3) is 5.91 Å².